The van der Waals surface area contributed by atoms with Crippen LogP contribution in [0.3, 0.4) is 0 Å². The molecule has 0 spiro atoms. The molecule has 0 heterocycles. The van der Waals surface area contributed by atoms with Gasteiger partial charge in [0.05, 0.1) is 5.56 Å². The van der Waals surface area contributed by atoms with Crippen molar-refractivity contribution in [3.05, 3.63) is 58.6 Å². The maximum Gasteiger partial charge on any atom is 0.259 e. The predicted molar refractivity (Wildman–Crippen MR) is 105 cm³/mol. The number of unbranched alkanes of at least 4 members (excludes halogenated alkanes) is 5. The highest BCUT2D eigenvalue weighted by Gasteiger charge is 2.11. The average molecular weight is 360 g/mol. The molecule has 0 bridgehead atoms. The smallest absolute Gasteiger partial charge is 0.259 e. The summed E-state index contributed by atoms with van der Waals surface area (Å²) in [7, 11) is 0. The van der Waals surface area contributed by atoms with Crippen LogP contribution in [0.15, 0.2) is 42.5 Å². The van der Waals surface area contributed by atoms with Crippen molar-refractivity contribution in [3.63, 3.8) is 0 Å². The van der Waals surface area contributed by atoms with E-state index in [1.165, 1.54) is 56.2 Å². The topological polar surface area (TPSA) is 49.3 Å². The van der Waals surface area contributed by atoms with Crippen molar-refractivity contribution in [2.24, 2.45) is 0 Å². The molecule has 4 heteroatoms. The molecule has 2 rings (SSSR count). The van der Waals surface area contributed by atoms with Gasteiger partial charge in [-0.25, -0.2) is 0 Å². The first kappa shape index (κ1) is 19.3. The van der Waals surface area contributed by atoms with Crippen LogP contribution in [0.4, 0.5) is 5.69 Å². The second-order valence-corrected chi connectivity index (χ2v) is 6.77. The van der Waals surface area contributed by atoms with Gasteiger partial charge in [0.2, 0.25) is 0 Å². The number of benzene rings is 2. The van der Waals surface area contributed by atoms with Crippen molar-refractivity contribution in [3.8, 4) is 5.75 Å². The highest BCUT2D eigenvalue weighted by Crippen LogP contribution is 2.23. The lowest BCUT2D eigenvalue weighted by Crippen LogP contribution is -2.12. The van der Waals surface area contributed by atoms with Crippen LogP contribution in [-0.4, -0.2) is 11.0 Å². The summed E-state index contributed by atoms with van der Waals surface area (Å²) >= 11 is 5.78. The minimum atomic E-state index is -0.349. The number of amides is 1. The van der Waals surface area contributed by atoms with E-state index in [9.17, 15) is 9.90 Å². The van der Waals surface area contributed by atoms with Crippen molar-refractivity contribution in [2.75, 3.05) is 5.32 Å². The average Bonchev–Trinajstić information content (AvgIpc) is 2.59. The van der Waals surface area contributed by atoms with Gasteiger partial charge in [0.1, 0.15) is 5.75 Å². The van der Waals surface area contributed by atoms with E-state index >= 15 is 0 Å². The Kier molecular flexibility index (Phi) is 7.80. The largest absolute Gasteiger partial charge is 0.507 e. The number of carbonyl (C=O) groups is 1. The molecule has 0 aromatic heterocycles. The second kappa shape index (κ2) is 10.1. The van der Waals surface area contributed by atoms with Crippen LogP contribution in [0.2, 0.25) is 5.02 Å². The highest BCUT2D eigenvalue weighted by atomic mass is 35.5. The zero-order valence-corrected chi connectivity index (χ0v) is 15.5. The minimum absolute atomic E-state index is 0.121. The number of hydrogen-bond donors (Lipinski definition) is 2. The molecule has 2 aromatic carbocycles. The molecule has 1 amide bonds. The number of anilines is 1. The van der Waals surface area contributed by atoms with E-state index < -0.39 is 0 Å². The fraction of sp³-hybridized carbons (Fsp3) is 0.381. The van der Waals surface area contributed by atoms with Crippen molar-refractivity contribution >= 4 is 23.2 Å². The maximum absolute atomic E-state index is 12.2. The quantitative estimate of drug-likeness (QED) is 0.523. The van der Waals surface area contributed by atoms with Gasteiger partial charge < -0.3 is 10.4 Å². The summed E-state index contributed by atoms with van der Waals surface area (Å²) in [6, 6.07) is 12.3. The molecule has 25 heavy (non-hydrogen) atoms. The van der Waals surface area contributed by atoms with E-state index in [-0.39, 0.29) is 17.2 Å². The molecule has 2 N–H and O–H groups in total. The van der Waals surface area contributed by atoms with Crippen LogP contribution in [0.25, 0.3) is 0 Å². The van der Waals surface area contributed by atoms with E-state index in [1.54, 1.807) is 6.07 Å². The number of carbonyl (C=O) groups excluding carboxylic acids is 1. The number of hydrogen-bond acceptors (Lipinski definition) is 2. The number of phenols is 1. The van der Waals surface area contributed by atoms with Gasteiger partial charge in [-0.15, -0.1) is 0 Å². The third-order valence-electron chi connectivity index (χ3n) is 4.24. The standard InChI is InChI=1S/C21H26ClNO2/c1-2-3-4-5-6-7-8-16-9-12-18(13-10-16)23-21(25)19-14-11-17(22)15-20(19)24/h9-15,24H,2-8H2,1H3,(H,23,25). The molecule has 0 atom stereocenters. The molecule has 0 radical (unpaired) electrons. The number of aryl methyl sites for hydroxylation is 1. The van der Waals surface area contributed by atoms with Crippen LogP contribution >= 0.6 is 11.6 Å². The Morgan fingerprint density at radius 1 is 1.00 bits per heavy atom. The minimum Gasteiger partial charge on any atom is -0.507 e. The third-order valence-corrected chi connectivity index (χ3v) is 4.47. The molecule has 2 aromatic rings. The van der Waals surface area contributed by atoms with E-state index in [2.05, 4.69) is 12.2 Å². The van der Waals surface area contributed by atoms with E-state index in [4.69, 9.17) is 11.6 Å². The van der Waals surface area contributed by atoms with E-state index in [0.29, 0.717) is 10.7 Å². The third kappa shape index (κ3) is 6.43. The van der Waals surface area contributed by atoms with Crippen molar-refractivity contribution in [2.45, 2.75) is 51.9 Å². The second-order valence-electron chi connectivity index (χ2n) is 6.33. The van der Waals surface area contributed by atoms with Crippen molar-refractivity contribution in [1.82, 2.24) is 0 Å². The summed E-state index contributed by atoms with van der Waals surface area (Å²) in [5.74, 6) is -0.470. The first-order valence-electron chi connectivity index (χ1n) is 8.99. The summed E-state index contributed by atoms with van der Waals surface area (Å²) in [5.41, 5.74) is 2.20. The molecule has 0 aliphatic rings. The van der Waals surface area contributed by atoms with E-state index in [0.717, 1.165) is 6.42 Å². The van der Waals surface area contributed by atoms with Crippen LogP contribution < -0.4 is 5.32 Å². The first-order chi connectivity index (χ1) is 12.1. The Balaban J connectivity index is 1.82. The number of nitrogens with one attached hydrogen (secondary N) is 1. The lowest BCUT2D eigenvalue weighted by molar-refractivity contribution is 0.102. The monoisotopic (exact) mass is 359 g/mol. The van der Waals surface area contributed by atoms with Crippen molar-refractivity contribution in [1.29, 1.82) is 0 Å². The molecule has 0 unspecified atom stereocenters. The Hall–Kier alpha value is -2.00. The fourth-order valence-corrected chi connectivity index (χ4v) is 2.93. The lowest BCUT2D eigenvalue weighted by atomic mass is 10.0. The Bertz CT molecular complexity index is 683. The van der Waals surface area contributed by atoms with Gasteiger partial charge >= 0.3 is 0 Å². The molecule has 0 saturated carbocycles. The van der Waals surface area contributed by atoms with Crippen molar-refractivity contribution < 1.29 is 9.90 Å². The summed E-state index contributed by atoms with van der Waals surface area (Å²) in [4.78, 5) is 12.2. The molecule has 0 aliphatic heterocycles. The zero-order valence-electron chi connectivity index (χ0n) is 14.7. The van der Waals surface area contributed by atoms with Crippen LogP contribution in [0.5, 0.6) is 5.75 Å². The molecular formula is C21H26ClNO2. The van der Waals surface area contributed by atoms with Crippen LogP contribution in [-0.2, 0) is 6.42 Å². The number of rotatable bonds is 9. The Morgan fingerprint density at radius 2 is 1.68 bits per heavy atom. The fourth-order valence-electron chi connectivity index (χ4n) is 2.76. The van der Waals surface area contributed by atoms with Crippen LogP contribution in [0, 0.1) is 0 Å². The van der Waals surface area contributed by atoms with Gasteiger partial charge in [0, 0.05) is 10.7 Å². The zero-order chi connectivity index (χ0) is 18.1. The van der Waals surface area contributed by atoms with Gasteiger partial charge in [-0.2, -0.15) is 0 Å². The van der Waals surface area contributed by atoms with Gasteiger partial charge in [-0.3, -0.25) is 4.79 Å². The molecule has 0 fully saturated rings. The molecule has 134 valence electrons. The molecule has 3 nitrogen and oxygen atoms in total. The normalized spacial score (nSPS) is 10.6. The highest BCUT2D eigenvalue weighted by molar-refractivity contribution is 6.30. The number of phenolic OH excluding ortho intramolecular Hbond substituents is 1. The molecule has 0 saturated heterocycles. The lowest BCUT2D eigenvalue weighted by Gasteiger charge is -2.08. The SMILES string of the molecule is CCCCCCCCc1ccc(NC(=O)c2ccc(Cl)cc2O)cc1. The summed E-state index contributed by atoms with van der Waals surface area (Å²) in [6.45, 7) is 2.23. The summed E-state index contributed by atoms with van der Waals surface area (Å²) in [5, 5.41) is 13.0. The summed E-state index contributed by atoms with van der Waals surface area (Å²) < 4.78 is 0. The Labute approximate surface area is 155 Å². The van der Waals surface area contributed by atoms with Gasteiger partial charge in [0.25, 0.3) is 5.91 Å². The van der Waals surface area contributed by atoms with Gasteiger partial charge in [-0.1, -0.05) is 62.8 Å². The Morgan fingerprint density at radius 3 is 2.36 bits per heavy atom. The van der Waals surface area contributed by atoms with Crippen LogP contribution in [0.1, 0.15) is 61.4 Å². The van der Waals surface area contributed by atoms with E-state index in [1.807, 2.05) is 24.3 Å². The van der Waals surface area contributed by atoms with Gasteiger partial charge in [0.15, 0.2) is 0 Å². The predicted octanol–water partition coefficient (Wildman–Crippen LogP) is 6.20. The summed E-state index contributed by atoms with van der Waals surface area (Å²) in [6.07, 6.45) is 8.80. The molecule has 0 aliphatic carbocycles. The molecular weight excluding hydrogens is 334 g/mol. The van der Waals surface area contributed by atoms with Gasteiger partial charge in [-0.05, 0) is 48.7 Å². The number of aromatic hydroxyl groups is 1. The maximum atomic E-state index is 12.2. The number of halogens is 1. The first-order valence-corrected chi connectivity index (χ1v) is 9.36.